The Morgan fingerprint density at radius 2 is 2.19 bits per heavy atom. The minimum Gasteiger partial charge on any atom is -0.309 e. The lowest BCUT2D eigenvalue weighted by Crippen LogP contribution is -2.32. The van der Waals surface area contributed by atoms with Gasteiger partial charge in [-0.25, -0.2) is 13.6 Å². The summed E-state index contributed by atoms with van der Waals surface area (Å²) in [6.45, 7) is -0.0332. The molecule has 21 heavy (non-hydrogen) atoms. The SMILES string of the molecule is N#CSc1cc(Cl)c(N2CC(S(N)(=O)=O)CC2=O)cc1Br. The molecule has 1 amide bonds. The first-order valence-electron chi connectivity index (χ1n) is 5.61. The van der Waals surface area contributed by atoms with E-state index in [2.05, 4.69) is 15.9 Å². The molecule has 112 valence electrons. The zero-order valence-corrected chi connectivity index (χ0v) is 14.4. The highest BCUT2D eigenvalue weighted by Gasteiger charge is 2.38. The molecule has 0 bridgehead atoms. The summed E-state index contributed by atoms with van der Waals surface area (Å²) >= 11 is 10.3. The van der Waals surface area contributed by atoms with Gasteiger partial charge in [-0.15, -0.1) is 0 Å². The predicted octanol–water partition coefficient (Wildman–Crippen LogP) is 2.07. The zero-order chi connectivity index (χ0) is 15.8. The van der Waals surface area contributed by atoms with Crippen LogP contribution in [0, 0.1) is 10.7 Å². The lowest BCUT2D eigenvalue weighted by Gasteiger charge is -2.19. The van der Waals surface area contributed by atoms with Crippen LogP contribution in [0.2, 0.25) is 5.02 Å². The number of nitriles is 1. The van der Waals surface area contributed by atoms with E-state index in [9.17, 15) is 13.2 Å². The number of carbonyl (C=O) groups is 1. The van der Waals surface area contributed by atoms with Gasteiger partial charge in [-0.1, -0.05) is 11.6 Å². The first-order chi connectivity index (χ1) is 9.74. The fourth-order valence-corrected chi connectivity index (χ4v) is 4.05. The number of amides is 1. The summed E-state index contributed by atoms with van der Waals surface area (Å²) < 4.78 is 23.3. The summed E-state index contributed by atoms with van der Waals surface area (Å²) in [5, 5.41) is 15.0. The van der Waals surface area contributed by atoms with Gasteiger partial charge in [-0.05, 0) is 39.8 Å². The number of sulfonamides is 1. The molecule has 0 aliphatic carbocycles. The third-order valence-electron chi connectivity index (χ3n) is 3.00. The second kappa shape index (κ2) is 6.14. The molecular formula is C11H9BrClN3O3S2. The van der Waals surface area contributed by atoms with Crippen molar-refractivity contribution >= 4 is 60.9 Å². The summed E-state index contributed by atoms with van der Waals surface area (Å²) in [6, 6.07) is 3.14. The molecular weight excluding hydrogens is 402 g/mol. The van der Waals surface area contributed by atoms with Crippen molar-refractivity contribution in [3.05, 3.63) is 21.6 Å². The Bertz CT molecular complexity index is 748. The number of rotatable bonds is 3. The number of halogens is 2. The van der Waals surface area contributed by atoms with Crippen LogP contribution in [-0.4, -0.2) is 26.1 Å². The number of carbonyl (C=O) groups excluding carboxylic acids is 1. The number of anilines is 1. The normalized spacial score (nSPS) is 18.9. The van der Waals surface area contributed by atoms with Gasteiger partial charge in [-0.3, -0.25) is 4.79 Å². The lowest BCUT2D eigenvalue weighted by molar-refractivity contribution is -0.117. The molecule has 1 aliphatic heterocycles. The third-order valence-corrected chi connectivity index (χ3v) is 6.12. The van der Waals surface area contributed by atoms with Gasteiger partial charge in [0.05, 0.1) is 10.7 Å². The highest BCUT2D eigenvalue weighted by molar-refractivity contribution is 9.10. The van der Waals surface area contributed by atoms with Crippen LogP contribution < -0.4 is 10.0 Å². The Morgan fingerprint density at radius 3 is 2.71 bits per heavy atom. The first-order valence-corrected chi connectivity index (χ1v) is 9.20. The largest absolute Gasteiger partial charge is 0.309 e. The van der Waals surface area contributed by atoms with Crippen LogP contribution in [0.3, 0.4) is 0 Å². The molecule has 1 aliphatic rings. The molecule has 2 rings (SSSR count). The number of thioether (sulfide) groups is 1. The summed E-state index contributed by atoms with van der Waals surface area (Å²) in [5.41, 5.74) is 0.391. The van der Waals surface area contributed by atoms with Gasteiger partial charge >= 0.3 is 0 Å². The van der Waals surface area contributed by atoms with E-state index in [1.807, 2.05) is 5.40 Å². The van der Waals surface area contributed by atoms with Crippen molar-refractivity contribution in [2.75, 3.05) is 11.4 Å². The van der Waals surface area contributed by atoms with Gasteiger partial charge in [0, 0.05) is 22.3 Å². The number of primary sulfonamides is 1. The molecule has 1 fully saturated rings. The average Bonchev–Trinajstić information content (AvgIpc) is 2.76. The fraction of sp³-hybridized carbons (Fsp3) is 0.273. The van der Waals surface area contributed by atoms with Crippen LogP contribution in [0.5, 0.6) is 0 Å². The van der Waals surface area contributed by atoms with Gasteiger partial charge in [0.2, 0.25) is 15.9 Å². The van der Waals surface area contributed by atoms with E-state index >= 15 is 0 Å². The molecule has 1 heterocycles. The van der Waals surface area contributed by atoms with Crippen LogP contribution >= 0.6 is 39.3 Å². The Hall–Kier alpha value is -0.790. The Balaban J connectivity index is 2.38. The first kappa shape index (κ1) is 16.6. The summed E-state index contributed by atoms with van der Waals surface area (Å²) in [7, 11) is -3.78. The second-order valence-electron chi connectivity index (χ2n) is 4.35. The minimum absolute atomic E-state index is 0.0332. The molecule has 0 aromatic heterocycles. The van der Waals surface area contributed by atoms with Crippen LogP contribution in [0.4, 0.5) is 5.69 Å². The van der Waals surface area contributed by atoms with Gasteiger partial charge in [0.1, 0.15) is 10.7 Å². The number of nitrogens with zero attached hydrogens (tertiary/aromatic N) is 2. The molecule has 6 nitrogen and oxygen atoms in total. The third kappa shape index (κ3) is 3.52. The lowest BCUT2D eigenvalue weighted by atomic mass is 10.3. The molecule has 1 aromatic carbocycles. The second-order valence-corrected chi connectivity index (χ2v) is 8.28. The van der Waals surface area contributed by atoms with E-state index in [0.29, 0.717) is 15.1 Å². The maximum Gasteiger partial charge on any atom is 0.228 e. The quantitative estimate of drug-likeness (QED) is 0.607. The Kier molecular flexibility index (Phi) is 4.85. The fourth-order valence-electron chi connectivity index (χ4n) is 1.98. The summed E-state index contributed by atoms with van der Waals surface area (Å²) in [5.74, 6) is -0.358. The standard InChI is InChI=1S/C11H9BrClN3O3S2/c12-7-2-9(8(13)3-10(7)20-5-14)16-4-6(1-11(16)17)21(15,18)19/h2-3,6H,1,4H2,(H2,15,18,19). The van der Waals surface area contributed by atoms with Crippen LogP contribution in [0.1, 0.15) is 6.42 Å². The molecule has 1 unspecified atom stereocenters. The molecule has 1 aromatic rings. The van der Waals surface area contributed by atoms with Crippen LogP contribution in [0.15, 0.2) is 21.5 Å². The minimum atomic E-state index is -3.78. The maximum absolute atomic E-state index is 12.0. The molecule has 0 radical (unpaired) electrons. The molecule has 10 heteroatoms. The highest BCUT2D eigenvalue weighted by atomic mass is 79.9. The number of benzene rings is 1. The number of thiocyanates is 1. The van der Waals surface area contributed by atoms with Crippen molar-refractivity contribution in [2.45, 2.75) is 16.6 Å². The molecule has 0 spiro atoms. The van der Waals surface area contributed by atoms with E-state index in [0.717, 1.165) is 11.8 Å². The van der Waals surface area contributed by atoms with E-state index in [1.54, 1.807) is 12.1 Å². The van der Waals surface area contributed by atoms with Crippen molar-refractivity contribution < 1.29 is 13.2 Å². The molecule has 0 saturated carbocycles. The topological polar surface area (TPSA) is 104 Å². The van der Waals surface area contributed by atoms with Crippen LogP contribution in [0.25, 0.3) is 0 Å². The van der Waals surface area contributed by atoms with Gasteiger partial charge in [0.15, 0.2) is 0 Å². The zero-order valence-electron chi connectivity index (χ0n) is 10.4. The van der Waals surface area contributed by atoms with E-state index in [4.69, 9.17) is 22.0 Å². The maximum atomic E-state index is 12.0. The Labute approximate surface area is 139 Å². The average molecular weight is 411 g/mol. The van der Waals surface area contributed by atoms with Crippen molar-refractivity contribution in [1.29, 1.82) is 5.26 Å². The van der Waals surface area contributed by atoms with Crippen LogP contribution in [-0.2, 0) is 14.8 Å². The highest BCUT2D eigenvalue weighted by Crippen LogP contribution is 2.38. The van der Waals surface area contributed by atoms with E-state index in [1.165, 1.54) is 4.90 Å². The molecule has 1 saturated heterocycles. The Morgan fingerprint density at radius 1 is 1.52 bits per heavy atom. The smallest absolute Gasteiger partial charge is 0.228 e. The monoisotopic (exact) mass is 409 g/mol. The van der Waals surface area contributed by atoms with E-state index in [-0.39, 0.29) is 23.9 Å². The molecule has 2 N–H and O–H groups in total. The van der Waals surface area contributed by atoms with Crippen molar-refractivity contribution in [2.24, 2.45) is 5.14 Å². The van der Waals surface area contributed by atoms with Gasteiger partial charge in [-0.2, -0.15) is 5.26 Å². The number of hydrogen-bond donors (Lipinski definition) is 1. The molecule has 1 atom stereocenters. The summed E-state index contributed by atoms with van der Waals surface area (Å²) in [6.07, 6.45) is -0.165. The van der Waals surface area contributed by atoms with Crippen molar-refractivity contribution in [1.82, 2.24) is 0 Å². The predicted molar refractivity (Wildman–Crippen MR) is 84.5 cm³/mol. The van der Waals surface area contributed by atoms with Crippen molar-refractivity contribution in [3.8, 4) is 5.40 Å². The van der Waals surface area contributed by atoms with Gasteiger partial charge in [0.25, 0.3) is 0 Å². The summed E-state index contributed by atoms with van der Waals surface area (Å²) in [4.78, 5) is 13.9. The van der Waals surface area contributed by atoms with Crippen molar-refractivity contribution in [3.63, 3.8) is 0 Å². The number of hydrogen-bond acceptors (Lipinski definition) is 5. The number of nitrogens with two attached hydrogens (primary N) is 1. The van der Waals surface area contributed by atoms with Gasteiger partial charge < -0.3 is 4.90 Å². The van der Waals surface area contributed by atoms with E-state index < -0.39 is 15.3 Å².